The topological polar surface area (TPSA) is 34.1 Å². The summed E-state index contributed by atoms with van der Waals surface area (Å²) >= 11 is 0. The van der Waals surface area contributed by atoms with Gasteiger partial charge in [-0.15, -0.1) is 0 Å². The van der Waals surface area contributed by atoms with Crippen molar-refractivity contribution in [2.75, 3.05) is 12.0 Å². The Labute approximate surface area is 69.9 Å². The Morgan fingerprint density at radius 2 is 1.64 bits per heavy atom. The van der Waals surface area contributed by atoms with Gasteiger partial charge in [-0.1, -0.05) is 27.2 Å². The van der Waals surface area contributed by atoms with Crippen LogP contribution in [0.5, 0.6) is 0 Å². The highest BCUT2D eigenvalue weighted by molar-refractivity contribution is 7.90. The summed E-state index contributed by atoms with van der Waals surface area (Å²) in [5.41, 5.74) is 0. The SMILES string of the molecule is CCC(C)C(C)CS(C)(=O)=O. The van der Waals surface area contributed by atoms with Crippen LogP contribution in [0.25, 0.3) is 0 Å². The third kappa shape index (κ3) is 5.24. The van der Waals surface area contributed by atoms with Crippen LogP contribution >= 0.6 is 0 Å². The first-order chi connectivity index (χ1) is 4.87. The zero-order valence-corrected chi connectivity index (χ0v) is 8.61. The van der Waals surface area contributed by atoms with Gasteiger partial charge in [0.1, 0.15) is 9.84 Å². The van der Waals surface area contributed by atoms with Gasteiger partial charge in [0.15, 0.2) is 0 Å². The summed E-state index contributed by atoms with van der Waals surface area (Å²) < 4.78 is 21.7. The molecule has 2 unspecified atom stereocenters. The smallest absolute Gasteiger partial charge is 0.147 e. The first kappa shape index (κ1) is 11.0. The minimum Gasteiger partial charge on any atom is -0.229 e. The highest BCUT2D eigenvalue weighted by Crippen LogP contribution is 2.15. The van der Waals surface area contributed by atoms with Crippen molar-refractivity contribution in [2.24, 2.45) is 11.8 Å². The van der Waals surface area contributed by atoms with Crippen molar-refractivity contribution in [1.82, 2.24) is 0 Å². The molecule has 0 N–H and O–H groups in total. The Hall–Kier alpha value is -0.0500. The van der Waals surface area contributed by atoms with E-state index in [9.17, 15) is 8.42 Å². The van der Waals surface area contributed by atoms with Crippen LogP contribution < -0.4 is 0 Å². The third-order valence-electron chi connectivity index (χ3n) is 2.18. The Morgan fingerprint density at radius 3 is 1.91 bits per heavy atom. The highest BCUT2D eigenvalue weighted by Gasteiger charge is 2.15. The molecule has 0 bridgehead atoms. The lowest BCUT2D eigenvalue weighted by molar-refractivity contribution is 0.407. The molecule has 0 aliphatic rings. The minimum atomic E-state index is -2.78. The number of rotatable bonds is 4. The molecular formula is C8H18O2S. The van der Waals surface area contributed by atoms with E-state index in [0.717, 1.165) is 6.42 Å². The molecule has 0 aliphatic carbocycles. The Kier molecular flexibility index (Phi) is 4.08. The maximum absolute atomic E-state index is 10.9. The lowest BCUT2D eigenvalue weighted by Crippen LogP contribution is -2.17. The second kappa shape index (κ2) is 4.10. The van der Waals surface area contributed by atoms with Gasteiger partial charge in [-0.3, -0.25) is 0 Å². The van der Waals surface area contributed by atoms with E-state index in [2.05, 4.69) is 13.8 Å². The molecular weight excluding hydrogens is 160 g/mol. The van der Waals surface area contributed by atoms with Gasteiger partial charge in [0.2, 0.25) is 0 Å². The number of hydrogen-bond donors (Lipinski definition) is 0. The summed E-state index contributed by atoms with van der Waals surface area (Å²) in [5, 5.41) is 0. The van der Waals surface area contributed by atoms with Gasteiger partial charge >= 0.3 is 0 Å². The van der Waals surface area contributed by atoms with Crippen LogP contribution in [-0.4, -0.2) is 20.4 Å². The van der Waals surface area contributed by atoms with E-state index in [4.69, 9.17) is 0 Å². The van der Waals surface area contributed by atoms with Gasteiger partial charge in [-0.25, -0.2) is 8.42 Å². The first-order valence-electron chi connectivity index (χ1n) is 4.04. The van der Waals surface area contributed by atoms with Crippen molar-refractivity contribution in [2.45, 2.75) is 27.2 Å². The van der Waals surface area contributed by atoms with Crippen LogP contribution in [0.3, 0.4) is 0 Å². The standard InChI is InChI=1S/C8H18O2S/c1-5-7(2)8(3)6-11(4,9)10/h7-8H,5-6H2,1-4H3. The highest BCUT2D eigenvalue weighted by atomic mass is 32.2. The van der Waals surface area contributed by atoms with Crippen molar-refractivity contribution < 1.29 is 8.42 Å². The largest absolute Gasteiger partial charge is 0.229 e. The van der Waals surface area contributed by atoms with Crippen LogP contribution in [-0.2, 0) is 9.84 Å². The van der Waals surface area contributed by atoms with E-state index in [0.29, 0.717) is 11.7 Å². The van der Waals surface area contributed by atoms with Crippen molar-refractivity contribution in [3.63, 3.8) is 0 Å². The predicted molar refractivity (Wildman–Crippen MR) is 48.3 cm³/mol. The van der Waals surface area contributed by atoms with Crippen LogP contribution in [0.4, 0.5) is 0 Å². The molecule has 0 saturated carbocycles. The molecule has 0 saturated heterocycles. The summed E-state index contributed by atoms with van der Waals surface area (Å²) in [5.74, 6) is 1.11. The Morgan fingerprint density at radius 1 is 1.18 bits per heavy atom. The summed E-state index contributed by atoms with van der Waals surface area (Å²) in [6, 6.07) is 0. The lowest BCUT2D eigenvalue weighted by Gasteiger charge is -2.16. The molecule has 0 heterocycles. The van der Waals surface area contributed by atoms with Gasteiger partial charge in [-0.05, 0) is 11.8 Å². The van der Waals surface area contributed by atoms with Crippen LogP contribution in [0.1, 0.15) is 27.2 Å². The third-order valence-corrected chi connectivity index (χ3v) is 3.31. The fraction of sp³-hybridized carbons (Fsp3) is 1.00. The summed E-state index contributed by atoms with van der Waals surface area (Å²) in [6.07, 6.45) is 2.35. The molecule has 0 fully saturated rings. The number of hydrogen-bond acceptors (Lipinski definition) is 2. The van der Waals surface area contributed by atoms with E-state index in [1.54, 1.807) is 0 Å². The van der Waals surface area contributed by atoms with Crippen molar-refractivity contribution in [1.29, 1.82) is 0 Å². The van der Waals surface area contributed by atoms with Gasteiger partial charge in [0, 0.05) is 6.26 Å². The quantitative estimate of drug-likeness (QED) is 0.657. The molecule has 0 spiro atoms. The number of sulfone groups is 1. The second-order valence-corrected chi connectivity index (χ2v) is 5.64. The molecule has 0 rings (SSSR count). The van der Waals surface area contributed by atoms with Crippen LogP contribution in [0, 0.1) is 11.8 Å². The fourth-order valence-corrected chi connectivity index (χ4v) is 2.33. The Bertz CT molecular complexity index is 194. The molecule has 2 atom stereocenters. The summed E-state index contributed by atoms with van der Waals surface area (Å²) in [4.78, 5) is 0. The summed E-state index contributed by atoms with van der Waals surface area (Å²) in [7, 11) is -2.78. The van der Waals surface area contributed by atoms with Gasteiger partial charge in [0.25, 0.3) is 0 Å². The van der Waals surface area contributed by atoms with E-state index in [1.807, 2.05) is 6.92 Å². The van der Waals surface area contributed by atoms with E-state index in [-0.39, 0.29) is 5.92 Å². The maximum atomic E-state index is 10.9. The van der Waals surface area contributed by atoms with Crippen molar-refractivity contribution in [3.05, 3.63) is 0 Å². The van der Waals surface area contributed by atoms with Crippen LogP contribution in [0.15, 0.2) is 0 Å². The average molecular weight is 178 g/mol. The molecule has 0 amide bonds. The molecule has 68 valence electrons. The first-order valence-corrected chi connectivity index (χ1v) is 6.10. The van der Waals surface area contributed by atoms with Crippen LogP contribution in [0.2, 0.25) is 0 Å². The zero-order chi connectivity index (χ0) is 9.07. The van der Waals surface area contributed by atoms with Crippen molar-refractivity contribution in [3.8, 4) is 0 Å². The minimum absolute atomic E-state index is 0.287. The summed E-state index contributed by atoms with van der Waals surface area (Å²) in [6.45, 7) is 6.18. The van der Waals surface area contributed by atoms with Gasteiger partial charge in [-0.2, -0.15) is 0 Å². The monoisotopic (exact) mass is 178 g/mol. The molecule has 11 heavy (non-hydrogen) atoms. The molecule has 0 aromatic heterocycles. The van der Waals surface area contributed by atoms with Gasteiger partial charge in [0.05, 0.1) is 5.75 Å². The lowest BCUT2D eigenvalue weighted by atomic mass is 9.96. The molecule has 0 aromatic rings. The normalized spacial score (nSPS) is 17.8. The predicted octanol–water partition coefficient (Wildman–Crippen LogP) is 1.71. The fourth-order valence-electron chi connectivity index (χ4n) is 1.04. The van der Waals surface area contributed by atoms with E-state index < -0.39 is 9.84 Å². The maximum Gasteiger partial charge on any atom is 0.147 e. The zero-order valence-electron chi connectivity index (χ0n) is 7.79. The van der Waals surface area contributed by atoms with Gasteiger partial charge < -0.3 is 0 Å². The molecule has 0 aromatic carbocycles. The van der Waals surface area contributed by atoms with Crippen molar-refractivity contribution >= 4 is 9.84 Å². The molecule has 0 aliphatic heterocycles. The molecule has 2 nitrogen and oxygen atoms in total. The molecule has 3 heteroatoms. The average Bonchev–Trinajstić information content (AvgIpc) is 1.82. The second-order valence-electron chi connectivity index (χ2n) is 3.46. The van der Waals surface area contributed by atoms with E-state index in [1.165, 1.54) is 6.26 Å². The van der Waals surface area contributed by atoms with E-state index >= 15 is 0 Å². The Balaban J connectivity index is 3.98. The molecule has 0 radical (unpaired) electrons.